The molecule has 42 heavy (non-hydrogen) atoms. The van der Waals surface area contributed by atoms with Gasteiger partial charge >= 0.3 is 6.61 Å². The first kappa shape index (κ1) is 32.2. The van der Waals surface area contributed by atoms with Crippen LogP contribution in [0.25, 0.3) is 11.1 Å². The maximum absolute atomic E-state index is 13.2. The minimum Gasteiger partial charge on any atom is -0.469 e. The Bertz CT molecular complexity index is 1400. The number of rotatable bonds is 10. The third-order valence-electron chi connectivity index (χ3n) is 7.76. The van der Waals surface area contributed by atoms with Gasteiger partial charge in [0.1, 0.15) is 5.15 Å². The topological polar surface area (TPSA) is 108 Å². The Hall–Kier alpha value is -2.74. The number of pyridine rings is 2. The van der Waals surface area contributed by atoms with E-state index in [0.29, 0.717) is 35.1 Å². The summed E-state index contributed by atoms with van der Waals surface area (Å²) in [6.45, 7) is 10.5. The lowest BCUT2D eigenvalue weighted by Crippen LogP contribution is -2.44. The van der Waals surface area contributed by atoms with E-state index in [0.717, 1.165) is 43.2 Å². The zero-order valence-corrected chi connectivity index (χ0v) is 27.1. The first-order valence-electron chi connectivity index (χ1n) is 13.7. The maximum atomic E-state index is 13.2. The van der Waals surface area contributed by atoms with Crippen molar-refractivity contribution in [3.05, 3.63) is 40.9 Å². The number of alkyl halides is 2. The molecule has 9 nitrogen and oxygen atoms in total. The number of hydrogen-bond acceptors (Lipinski definition) is 9. The second-order valence-electron chi connectivity index (χ2n) is 11.9. The van der Waals surface area contributed by atoms with E-state index in [9.17, 15) is 13.6 Å². The van der Waals surface area contributed by atoms with Gasteiger partial charge in [0.15, 0.2) is 14.1 Å². The van der Waals surface area contributed by atoms with E-state index in [4.69, 9.17) is 20.8 Å². The van der Waals surface area contributed by atoms with Crippen LogP contribution in [0.1, 0.15) is 62.5 Å². The number of aryl methyl sites for hydroxylation is 1. The number of ether oxygens (including phenoxy) is 2. The van der Waals surface area contributed by atoms with E-state index in [2.05, 4.69) is 64.1 Å². The van der Waals surface area contributed by atoms with Crippen molar-refractivity contribution in [1.82, 2.24) is 20.2 Å². The summed E-state index contributed by atoms with van der Waals surface area (Å²) in [6.07, 6.45) is 6.79. The van der Waals surface area contributed by atoms with Crippen LogP contribution in [-0.4, -0.2) is 53.7 Å². The molecule has 0 atom stereocenters. The van der Waals surface area contributed by atoms with Gasteiger partial charge in [-0.25, -0.2) is 4.98 Å². The van der Waals surface area contributed by atoms with Gasteiger partial charge in [-0.1, -0.05) is 37.5 Å². The molecule has 4 rings (SSSR count). The number of amides is 1. The Morgan fingerprint density at radius 3 is 2.50 bits per heavy atom. The van der Waals surface area contributed by atoms with Crippen LogP contribution in [0.3, 0.4) is 0 Å². The molecule has 3 aromatic rings. The van der Waals surface area contributed by atoms with Gasteiger partial charge in [-0.15, -0.1) is 5.10 Å². The van der Waals surface area contributed by atoms with Gasteiger partial charge in [-0.2, -0.15) is 8.78 Å². The number of nitrogens with zero attached hydrogens (tertiary/aromatic N) is 4. The van der Waals surface area contributed by atoms with Crippen LogP contribution in [-0.2, 0) is 4.43 Å². The third kappa shape index (κ3) is 8.21. The molecule has 0 bridgehead atoms. The summed E-state index contributed by atoms with van der Waals surface area (Å²) >= 11 is 7.14. The van der Waals surface area contributed by atoms with Crippen molar-refractivity contribution in [1.29, 1.82) is 0 Å². The molecular weight excluding hydrogens is 604 g/mol. The SMILES string of the molecule is Cc1cc(-c2cc(Cl)ncc2OC(F)F)c(C(=O)Nc2nnc(OCC3CCC(O[Si](C)(C)C(C)(C)C)CC3)s2)cn1. The summed E-state index contributed by atoms with van der Waals surface area (Å²) in [6, 6.07) is 2.94. The Balaban J connectivity index is 1.37. The lowest BCUT2D eigenvalue weighted by Gasteiger charge is -2.41. The number of hydrogen-bond donors (Lipinski definition) is 1. The van der Waals surface area contributed by atoms with Gasteiger partial charge in [0.2, 0.25) is 5.13 Å². The minimum atomic E-state index is -3.09. The summed E-state index contributed by atoms with van der Waals surface area (Å²) in [4.78, 5) is 21.3. The number of halogens is 3. The molecule has 1 N–H and O–H groups in total. The van der Waals surface area contributed by atoms with Crippen molar-refractivity contribution in [3.63, 3.8) is 0 Å². The molecule has 0 radical (unpaired) electrons. The zero-order chi connectivity index (χ0) is 30.7. The molecule has 0 aliphatic heterocycles. The smallest absolute Gasteiger partial charge is 0.387 e. The van der Waals surface area contributed by atoms with E-state index >= 15 is 0 Å². The van der Waals surface area contributed by atoms with E-state index in [1.807, 2.05) is 0 Å². The van der Waals surface area contributed by atoms with Crippen LogP contribution in [0.4, 0.5) is 13.9 Å². The van der Waals surface area contributed by atoms with Crippen molar-refractivity contribution in [2.75, 3.05) is 11.9 Å². The molecule has 0 saturated heterocycles. The van der Waals surface area contributed by atoms with E-state index < -0.39 is 20.8 Å². The normalized spacial score (nSPS) is 17.8. The van der Waals surface area contributed by atoms with E-state index in [1.165, 1.54) is 12.3 Å². The van der Waals surface area contributed by atoms with Crippen molar-refractivity contribution < 1.29 is 27.5 Å². The van der Waals surface area contributed by atoms with E-state index in [1.54, 1.807) is 13.0 Å². The summed E-state index contributed by atoms with van der Waals surface area (Å²) in [5, 5.41) is 11.6. The number of nitrogens with one attached hydrogen (secondary N) is 1. The van der Waals surface area contributed by atoms with Crippen LogP contribution in [0.2, 0.25) is 23.3 Å². The van der Waals surface area contributed by atoms with Crippen LogP contribution in [0, 0.1) is 12.8 Å². The monoisotopic (exact) mass is 639 g/mol. The summed E-state index contributed by atoms with van der Waals surface area (Å²) in [5.74, 6) is -0.387. The van der Waals surface area contributed by atoms with Gasteiger partial charge in [0.25, 0.3) is 11.1 Å². The Morgan fingerprint density at radius 2 is 1.83 bits per heavy atom. The summed E-state index contributed by atoms with van der Waals surface area (Å²) < 4.78 is 43.2. The van der Waals surface area contributed by atoms with E-state index in [-0.39, 0.29) is 32.2 Å². The lowest BCUT2D eigenvalue weighted by atomic mass is 9.88. The standard InChI is InChI=1S/C28H36ClF2N5O4SSi/c1-16-11-19(20-12-23(29)33-14-22(20)39-25(30)31)21(13-32-16)24(37)34-26-35-36-27(41-26)38-15-17-7-9-18(10-8-17)40-42(5,6)28(2,3)4/h11-14,17-18,25H,7-10,15H2,1-6H3,(H,34,35,37). The molecule has 1 fully saturated rings. The Labute approximate surface area is 254 Å². The first-order valence-corrected chi connectivity index (χ1v) is 17.8. The average Bonchev–Trinajstić information content (AvgIpc) is 3.35. The second kappa shape index (κ2) is 13.3. The maximum Gasteiger partial charge on any atom is 0.387 e. The number of aromatic nitrogens is 4. The Morgan fingerprint density at radius 1 is 1.12 bits per heavy atom. The van der Waals surface area contributed by atoms with Crippen LogP contribution in [0.5, 0.6) is 10.9 Å². The molecule has 0 aromatic carbocycles. The largest absolute Gasteiger partial charge is 0.469 e. The highest BCUT2D eigenvalue weighted by atomic mass is 35.5. The number of carbonyl (C=O) groups is 1. The Kier molecular flexibility index (Phi) is 10.2. The van der Waals surface area contributed by atoms with Crippen LogP contribution in [0.15, 0.2) is 24.5 Å². The quantitative estimate of drug-likeness (QED) is 0.177. The minimum absolute atomic E-state index is 0.0509. The molecule has 1 amide bonds. The fraction of sp³-hybridized carbons (Fsp3) is 0.536. The molecule has 228 valence electrons. The average molecular weight is 640 g/mol. The molecule has 0 unspecified atom stereocenters. The lowest BCUT2D eigenvalue weighted by molar-refractivity contribution is -0.0496. The fourth-order valence-electron chi connectivity index (χ4n) is 4.46. The van der Waals surface area contributed by atoms with Gasteiger partial charge in [0.05, 0.1) is 18.4 Å². The molecule has 1 saturated carbocycles. The highest BCUT2D eigenvalue weighted by Gasteiger charge is 2.39. The van der Waals surface area contributed by atoms with Gasteiger partial charge in [0, 0.05) is 29.1 Å². The fourth-order valence-corrected chi connectivity index (χ4v) is 6.64. The second-order valence-corrected chi connectivity index (χ2v) is 18.0. The predicted octanol–water partition coefficient (Wildman–Crippen LogP) is 7.77. The van der Waals surface area contributed by atoms with Gasteiger partial charge in [-0.05, 0) is 80.1 Å². The molecule has 0 spiro atoms. The molecule has 1 aliphatic carbocycles. The predicted molar refractivity (Wildman–Crippen MR) is 161 cm³/mol. The van der Waals surface area contributed by atoms with Crippen molar-refractivity contribution in [2.45, 2.75) is 84.2 Å². The third-order valence-corrected chi connectivity index (χ3v) is 13.2. The number of anilines is 1. The molecule has 3 heterocycles. The summed E-state index contributed by atoms with van der Waals surface area (Å²) in [7, 11) is -1.79. The van der Waals surface area contributed by atoms with Crippen molar-refractivity contribution >= 4 is 42.3 Å². The van der Waals surface area contributed by atoms with Gasteiger partial charge < -0.3 is 13.9 Å². The first-order chi connectivity index (χ1) is 19.7. The highest BCUT2D eigenvalue weighted by molar-refractivity contribution is 7.17. The van der Waals surface area contributed by atoms with Crippen molar-refractivity contribution in [2.24, 2.45) is 5.92 Å². The molecule has 1 aliphatic rings. The number of carbonyl (C=O) groups excluding carboxylic acids is 1. The van der Waals surface area contributed by atoms with Gasteiger partial charge in [-0.3, -0.25) is 15.1 Å². The van der Waals surface area contributed by atoms with Crippen molar-refractivity contribution in [3.8, 4) is 22.1 Å². The molecular formula is C28H36ClF2N5O4SSi. The van der Waals surface area contributed by atoms with Crippen LogP contribution >= 0.6 is 22.9 Å². The molecule has 14 heteroatoms. The highest BCUT2D eigenvalue weighted by Crippen LogP contribution is 2.40. The zero-order valence-electron chi connectivity index (χ0n) is 24.5. The molecule has 3 aromatic heterocycles. The van der Waals surface area contributed by atoms with Crippen LogP contribution < -0.4 is 14.8 Å². The summed E-state index contributed by atoms with van der Waals surface area (Å²) in [5.41, 5.74) is 1.15.